The first-order valence-corrected chi connectivity index (χ1v) is 7.86. The molecule has 0 aliphatic carbocycles. The van der Waals surface area contributed by atoms with E-state index in [1.165, 1.54) is 10.7 Å². The molecule has 1 amide bonds. The molecule has 3 rings (SSSR count). The SMILES string of the molecule is Cc1cc(=O)c(C(=O)Nc2ccc(F)cc2F)nn1-c1ccc(Cl)cc1. The van der Waals surface area contributed by atoms with Gasteiger partial charge in [-0.2, -0.15) is 5.10 Å². The van der Waals surface area contributed by atoms with Crippen molar-refractivity contribution in [2.75, 3.05) is 5.32 Å². The molecule has 26 heavy (non-hydrogen) atoms. The van der Waals surface area contributed by atoms with Crippen LogP contribution in [0, 0.1) is 18.6 Å². The maximum absolute atomic E-state index is 13.7. The molecule has 8 heteroatoms. The maximum Gasteiger partial charge on any atom is 0.280 e. The molecule has 0 spiro atoms. The van der Waals surface area contributed by atoms with Crippen molar-refractivity contribution in [3.63, 3.8) is 0 Å². The normalized spacial score (nSPS) is 10.6. The summed E-state index contributed by atoms with van der Waals surface area (Å²) >= 11 is 5.86. The fourth-order valence-corrected chi connectivity index (χ4v) is 2.45. The van der Waals surface area contributed by atoms with E-state index in [1.807, 2.05) is 0 Å². The lowest BCUT2D eigenvalue weighted by Gasteiger charge is -2.11. The number of hydrogen-bond acceptors (Lipinski definition) is 3. The second kappa shape index (κ2) is 7.05. The molecule has 0 aliphatic rings. The van der Waals surface area contributed by atoms with Crippen LogP contribution in [0.25, 0.3) is 5.69 Å². The Hall–Kier alpha value is -3.06. The standard InChI is InChI=1S/C18H12ClF2N3O2/c1-10-8-16(25)17(23-24(10)13-5-2-11(19)3-6-13)18(26)22-15-7-4-12(20)9-14(15)21/h2-9H,1H3,(H,22,26). The molecule has 1 N–H and O–H groups in total. The van der Waals surface area contributed by atoms with Crippen LogP contribution in [0.5, 0.6) is 0 Å². The zero-order valence-electron chi connectivity index (χ0n) is 13.5. The largest absolute Gasteiger partial charge is 0.318 e. The fourth-order valence-electron chi connectivity index (χ4n) is 2.32. The van der Waals surface area contributed by atoms with Gasteiger partial charge >= 0.3 is 0 Å². The number of anilines is 1. The van der Waals surface area contributed by atoms with Gasteiger partial charge in [0.2, 0.25) is 5.43 Å². The topological polar surface area (TPSA) is 64.0 Å². The lowest BCUT2D eigenvalue weighted by atomic mass is 10.2. The molecule has 0 saturated carbocycles. The maximum atomic E-state index is 13.7. The van der Waals surface area contributed by atoms with Gasteiger partial charge in [-0.1, -0.05) is 11.6 Å². The van der Waals surface area contributed by atoms with E-state index in [0.717, 1.165) is 12.1 Å². The van der Waals surface area contributed by atoms with E-state index < -0.39 is 28.7 Å². The lowest BCUT2D eigenvalue weighted by molar-refractivity contribution is 0.101. The second-order valence-corrected chi connectivity index (χ2v) is 5.90. The Morgan fingerprint density at radius 1 is 1.12 bits per heavy atom. The number of nitrogens with zero attached hydrogens (tertiary/aromatic N) is 2. The van der Waals surface area contributed by atoms with Crippen LogP contribution in [-0.4, -0.2) is 15.7 Å². The van der Waals surface area contributed by atoms with E-state index in [1.54, 1.807) is 31.2 Å². The minimum atomic E-state index is -0.955. The van der Waals surface area contributed by atoms with E-state index in [-0.39, 0.29) is 5.69 Å². The highest BCUT2D eigenvalue weighted by Crippen LogP contribution is 2.16. The Morgan fingerprint density at radius 3 is 2.46 bits per heavy atom. The van der Waals surface area contributed by atoms with E-state index in [0.29, 0.717) is 22.5 Å². The highest BCUT2D eigenvalue weighted by atomic mass is 35.5. The first-order valence-electron chi connectivity index (χ1n) is 7.48. The van der Waals surface area contributed by atoms with Crippen LogP contribution >= 0.6 is 11.6 Å². The third-order valence-corrected chi connectivity index (χ3v) is 3.83. The lowest BCUT2D eigenvalue weighted by Crippen LogP contribution is -2.27. The summed E-state index contributed by atoms with van der Waals surface area (Å²) in [6.07, 6.45) is 0. The highest BCUT2D eigenvalue weighted by molar-refractivity contribution is 6.30. The van der Waals surface area contributed by atoms with E-state index in [4.69, 9.17) is 11.6 Å². The summed E-state index contributed by atoms with van der Waals surface area (Å²) in [6.45, 7) is 1.66. The average molecular weight is 376 g/mol. The van der Waals surface area contributed by atoms with Crippen molar-refractivity contribution in [3.8, 4) is 5.69 Å². The number of nitrogens with one attached hydrogen (secondary N) is 1. The fraction of sp³-hybridized carbons (Fsp3) is 0.0556. The molecule has 0 unspecified atom stereocenters. The van der Waals surface area contributed by atoms with Crippen molar-refractivity contribution in [2.45, 2.75) is 6.92 Å². The highest BCUT2D eigenvalue weighted by Gasteiger charge is 2.17. The van der Waals surface area contributed by atoms with Gasteiger partial charge in [-0.05, 0) is 43.3 Å². The first-order chi connectivity index (χ1) is 12.3. The number of benzene rings is 2. The number of carbonyl (C=O) groups is 1. The number of carbonyl (C=O) groups excluding carboxylic acids is 1. The van der Waals surface area contributed by atoms with E-state index in [9.17, 15) is 18.4 Å². The second-order valence-electron chi connectivity index (χ2n) is 5.47. The minimum absolute atomic E-state index is 0.254. The van der Waals surface area contributed by atoms with Crippen LogP contribution in [0.2, 0.25) is 5.02 Å². The van der Waals surface area contributed by atoms with Gasteiger partial charge in [0.05, 0.1) is 11.4 Å². The van der Waals surface area contributed by atoms with E-state index in [2.05, 4.69) is 10.4 Å². The molecular formula is C18H12ClF2N3O2. The zero-order chi connectivity index (χ0) is 18.8. The van der Waals surface area contributed by atoms with Crippen LogP contribution in [0.3, 0.4) is 0 Å². The molecule has 0 saturated heterocycles. The number of hydrogen-bond donors (Lipinski definition) is 1. The number of halogens is 3. The van der Waals surface area contributed by atoms with Crippen LogP contribution in [0.4, 0.5) is 14.5 Å². The van der Waals surface area contributed by atoms with Gasteiger partial charge < -0.3 is 5.32 Å². The third kappa shape index (κ3) is 3.62. The minimum Gasteiger partial charge on any atom is -0.318 e. The zero-order valence-corrected chi connectivity index (χ0v) is 14.2. The third-order valence-electron chi connectivity index (χ3n) is 3.57. The van der Waals surface area contributed by atoms with Crippen molar-refractivity contribution in [2.24, 2.45) is 0 Å². The molecule has 5 nitrogen and oxygen atoms in total. The molecule has 1 aromatic heterocycles. The molecule has 0 aliphatic heterocycles. The Labute approximate surface area is 151 Å². The van der Waals surface area contributed by atoms with Crippen LogP contribution in [0.15, 0.2) is 53.3 Å². The smallest absolute Gasteiger partial charge is 0.280 e. The molecule has 0 fully saturated rings. The van der Waals surface area contributed by atoms with Crippen molar-refractivity contribution in [1.29, 1.82) is 0 Å². The predicted octanol–water partition coefficient (Wildman–Crippen LogP) is 3.72. The quantitative estimate of drug-likeness (QED) is 0.758. The van der Waals surface area contributed by atoms with Gasteiger partial charge in [-0.25, -0.2) is 13.5 Å². The molecule has 0 atom stereocenters. The van der Waals surface area contributed by atoms with Crippen LogP contribution < -0.4 is 10.7 Å². The molecule has 1 heterocycles. The summed E-state index contributed by atoms with van der Waals surface area (Å²) in [5.41, 5.74) is -0.200. The van der Waals surface area contributed by atoms with Gasteiger partial charge in [-0.3, -0.25) is 9.59 Å². The first kappa shape index (κ1) is 17.8. The van der Waals surface area contributed by atoms with Crippen LogP contribution in [-0.2, 0) is 0 Å². The Morgan fingerprint density at radius 2 is 1.81 bits per heavy atom. The summed E-state index contributed by atoms with van der Waals surface area (Å²) in [5.74, 6) is -2.63. The van der Waals surface area contributed by atoms with Gasteiger partial charge in [0.25, 0.3) is 5.91 Å². The van der Waals surface area contributed by atoms with Gasteiger partial charge in [-0.15, -0.1) is 0 Å². The van der Waals surface area contributed by atoms with Gasteiger partial charge in [0, 0.05) is 22.8 Å². The average Bonchev–Trinajstić information content (AvgIpc) is 2.58. The molecular weight excluding hydrogens is 364 g/mol. The van der Waals surface area contributed by atoms with Gasteiger partial charge in [0.1, 0.15) is 11.6 Å². The van der Waals surface area contributed by atoms with Crippen molar-refractivity contribution in [1.82, 2.24) is 9.78 Å². The Bertz CT molecular complexity index is 1050. The summed E-state index contributed by atoms with van der Waals surface area (Å²) in [6, 6.07) is 10.6. The van der Waals surface area contributed by atoms with Gasteiger partial charge in [0.15, 0.2) is 5.69 Å². The summed E-state index contributed by atoms with van der Waals surface area (Å²) in [7, 11) is 0. The molecule has 0 bridgehead atoms. The number of rotatable bonds is 3. The molecule has 0 radical (unpaired) electrons. The van der Waals surface area contributed by atoms with Crippen molar-refractivity contribution in [3.05, 3.63) is 86.8 Å². The number of aromatic nitrogens is 2. The number of aryl methyl sites for hydroxylation is 1. The molecule has 3 aromatic rings. The Kier molecular flexibility index (Phi) is 4.81. The van der Waals surface area contributed by atoms with Crippen molar-refractivity contribution < 1.29 is 13.6 Å². The molecule has 132 valence electrons. The summed E-state index contributed by atoms with van der Waals surface area (Å²) in [5, 5.41) is 6.82. The number of amides is 1. The Balaban J connectivity index is 1.99. The summed E-state index contributed by atoms with van der Waals surface area (Å²) in [4.78, 5) is 24.5. The van der Waals surface area contributed by atoms with E-state index >= 15 is 0 Å². The monoisotopic (exact) mass is 375 g/mol. The molecule has 2 aromatic carbocycles. The predicted molar refractivity (Wildman–Crippen MR) is 93.9 cm³/mol. The van der Waals surface area contributed by atoms with Crippen molar-refractivity contribution >= 4 is 23.2 Å². The summed E-state index contributed by atoms with van der Waals surface area (Å²) < 4.78 is 28.1. The van der Waals surface area contributed by atoms with Crippen LogP contribution in [0.1, 0.15) is 16.2 Å².